The molecule has 1 fully saturated rings. The Bertz CT molecular complexity index is 1190. The molecule has 0 bridgehead atoms. The molecule has 1 atom stereocenters. The lowest BCUT2D eigenvalue weighted by Gasteiger charge is -2.24. The Morgan fingerprint density at radius 3 is 2.71 bits per heavy atom. The van der Waals surface area contributed by atoms with Crippen LogP contribution in [-0.2, 0) is 16.1 Å². The van der Waals surface area contributed by atoms with E-state index in [4.69, 9.17) is 9.47 Å². The second-order valence-electron chi connectivity index (χ2n) is 7.11. The van der Waals surface area contributed by atoms with Gasteiger partial charge in [0.1, 0.15) is 11.8 Å². The summed E-state index contributed by atoms with van der Waals surface area (Å²) in [4.78, 5) is 35.8. The topological polar surface area (TPSA) is 102 Å². The number of hydrogen-bond donors (Lipinski definition) is 1. The highest BCUT2D eigenvalue weighted by atomic mass is 16.7. The van der Waals surface area contributed by atoms with Crippen LogP contribution < -0.4 is 9.47 Å². The number of fused-ring (bicyclic) bond motifs is 1. The fourth-order valence-electron chi connectivity index (χ4n) is 3.78. The summed E-state index contributed by atoms with van der Waals surface area (Å²) in [5, 5.41) is 11.1. The van der Waals surface area contributed by atoms with Crippen molar-refractivity contribution in [1.29, 1.82) is 0 Å². The molecule has 1 saturated heterocycles. The predicted molar refractivity (Wildman–Crippen MR) is 109 cm³/mol. The molecule has 0 aliphatic carbocycles. The van der Waals surface area contributed by atoms with Gasteiger partial charge >= 0.3 is 0 Å². The highest BCUT2D eigenvalue weighted by Crippen LogP contribution is 2.41. The molecule has 154 valence electrons. The zero-order valence-corrected chi connectivity index (χ0v) is 16.3. The second-order valence-corrected chi connectivity index (χ2v) is 7.11. The molecular weight excluding hydrogens is 398 g/mol. The lowest BCUT2D eigenvalue weighted by atomic mass is 9.98. The van der Waals surface area contributed by atoms with Crippen molar-refractivity contribution in [2.45, 2.75) is 12.6 Å². The molecule has 0 saturated carbocycles. The maximum atomic E-state index is 13.0. The van der Waals surface area contributed by atoms with E-state index in [-0.39, 0.29) is 24.7 Å². The standard InChI is InChI=1S/C23H17N3O5/c27-21(15-6-7-17-18(10-15)31-13-30-17)19-20(16-5-1-2-9-25-16)26(23(29)22(19)28)12-14-4-3-8-24-11-14/h1-11,20,27H,12-13H2/b21-19-. The Labute approximate surface area is 177 Å². The average molecular weight is 415 g/mol. The van der Waals surface area contributed by atoms with Crippen LogP contribution in [0.15, 0.2) is 72.7 Å². The van der Waals surface area contributed by atoms with Crippen molar-refractivity contribution in [2.24, 2.45) is 0 Å². The van der Waals surface area contributed by atoms with E-state index in [1.165, 1.54) is 4.90 Å². The van der Waals surface area contributed by atoms with Crippen LogP contribution in [0.1, 0.15) is 22.9 Å². The van der Waals surface area contributed by atoms with Gasteiger partial charge in [-0.15, -0.1) is 0 Å². The summed E-state index contributed by atoms with van der Waals surface area (Å²) in [5.41, 5.74) is 1.57. The Hall–Kier alpha value is -4.20. The number of aliphatic hydroxyl groups excluding tert-OH is 1. The van der Waals surface area contributed by atoms with E-state index < -0.39 is 17.7 Å². The number of ketones is 1. The largest absolute Gasteiger partial charge is 0.507 e. The maximum Gasteiger partial charge on any atom is 0.296 e. The number of carbonyl (C=O) groups excluding carboxylic acids is 2. The Kier molecular flexibility index (Phi) is 4.59. The van der Waals surface area contributed by atoms with Gasteiger partial charge in [0, 0.05) is 30.7 Å². The van der Waals surface area contributed by atoms with Gasteiger partial charge in [-0.3, -0.25) is 19.6 Å². The van der Waals surface area contributed by atoms with E-state index in [0.29, 0.717) is 22.8 Å². The number of Topliss-reactive ketones (excluding diaryl/α,β-unsaturated/α-hetero) is 1. The molecular formula is C23H17N3O5. The van der Waals surface area contributed by atoms with Crippen molar-refractivity contribution in [3.05, 3.63) is 89.5 Å². The maximum absolute atomic E-state index is 13.0. The van der Waals surface area contributed by atoms with Gasteiger partial charge in [-0.2, -0.15) is 0 Å². The van der Waals surface area contributed by atoms with Gasteiger partial charge in [0.25, 0.3) is 11.7 Å². The number of pyridine rings is 2. The fourth-order valence-corrected chi connectivity index (χ4v) is 3.78. The number of ether oxygens (including phenoxy) is 2. The van der Waals surface area contributed by atoms with Crippen molar-refractivity contribution in [2.75, 3.05) is 6.79 Å². The number of aromatic nitrogens is 2. The molecule has 3 aromatic rings. The van der Waals surface area contributed by atoms with Crippen LogP contribution in [0.3, 0.4) is 0 Å². The van der Waals surface area contributed by atoms with Crippen LogP contribution in [0.25, 0.3) is 5.76 Å². The number of hydrogen-bond acceptors (Lipinski definition) is 7. The highest BCUT2D eigenvalue weighted by molar-refractivity contribution is 6.46. The van der Waals surface area contributed by atoms with Gasteiger partial charge in [0.05, 0.1) is 11.3 Å². The van der Waals surface area contributed by atoms with Crippen molar-refractivity contribution in [1.82, 2.24) is 14.9 Å². The summed E-state index contributed by atoms with van der Waals surface area (Å²) in [7, 11) is 0. The minimum absolute atomic E-state index is 0.0218. The molecule has 1 amide bonds. The van der Waals surface area contributed by atoms with E-state index in [1.54, 1.807) is 61.1 Å². The predicted octanol–water partition coefficient (Wildman–Crippen LogP) is 2.83. The smallest absolute Gasteiger partial charge is 0.296 e. The van der Waals surface area contributed by atoms with Gasteiger partial charge in [-0.05, 0) is 42.0 Å². The first-order chi connectivity index (χ1) is 15.1. The zero-order chi connectivity index (χ0) is 21.4. The van der Waals surface area contributed by atoms with Gasteiger partial charge in [-0.1, -0.05) is 12.1 Å². The molecule has 8 heteroatoms. The molecule has 1 N–H and O–H groups in total. The van der Waals surface area contributed by atoms with Crippen molar-refractivity contribution < 1.29 is 24.2 Å². The Balaban J connectivity index is 1.63. The number of carbonyl (C=O) groups is 2. The van der Waals surface area contributed by atoms with Gasteiger partial charge in [-0.25, -0.2) is 0 Å². The highest BCUT2D eigenvalue weighted by Gasteiger charge is 2.46. The van der Waals surface area contributed by atoms with E-state index in [2.05, 4.69) is 9.97 Å². The first kappa shape index (κ1) is 18.8. The summed E-state index contributed by atoms with van der Waals surface area (Å²) in [6.45, 7) is 0.237. The third-order valence-corrected chi connectivity index (χ3v) is 5.23. The number of rotatable bonds is 4. The summed E-state index contributed by atoms with van der Waals surface area (Å²) in [6.07, 6.45) is 4.85. The van der Waals surface area contributed by atoms with E-state index in [9.17, 15) is 14.7 Å². The Morgan fingerprint density at radius 2 is 1.94 bits per heavy atom. The number of nitrogens with zero attached hydrogens (tertiary/aromatic N) is 3. The lowest BCUT2D eigenvalue weighted by Crippen LogP contribution is -2.29. The van der Waals surface area contributed by atoms with Crippen LogP contribution in [-0.4, -0.2) is 38.5 Å². The van der Waals surface area contributed by atoms with E-state index in [1.807, 2.05) is 6.07 Å². The second kappa shape index (κ2) is 7.56. The molecule has 1 unspecified atom stereocenters. The number of likely N-dealkylation sites (tertiary alicyclic amines) is 1. The first-order valence-corrected chi connectivity index (χ1v) is 9.62. The van der Waals surface area contributed by atoms with Crippen LogP contribution in [0.4, 0.5) is 0 Å². The van der Waals surface area contributed by atoms with Crippen LogP contribution >= 0.6 is 0 Å². The number of benzene rings is 1. The summed E-state index contributed by atoms with van der Waals surface area (Å²) < 4.78 is 10.7. The SMILES string of the molecule is O=C1C(=O)N(Cc2cccnc2)C(c2ccccn2)/C1=C(/O)c1ccc2c(c1)OCO2. The lowest BCUT2D eigenvalue weighted by molar-refractivity contribution is -0.140. The Morgan fingerprint density at radius 1 is 1.06 bits per heavy atom. The average Bonchev–Trinajstić information content (AvgIpc) is 3.38. The number of amides is 1. The molecule has 8 nitrogen and oxygen atoms in total. The molecule has 2 aromatic heterocycles. The molecule has 2 aliphatic heterocycles. The first-order valence-electron chi connectivity index (χ1n) is 9.62. The summed E-state index contributed by atoms with van der Waals surface area (Å²) in [6, 6.07) is 12.8. The quantitative estimate of drug-likeness (QED) is 0.397. The third-order valence-electron chi connectivity index (χ3n) is 5.23. The van der Waals surface area contributed by atoms with Crippen LogP contribution in [0.5, 0.6) is 11.5 Å². The van der Waals surface area contributed by atoms with Gasteiger partial charge in [0.15, 0.2) is 11.5 Å². The molecule has 4 heterocycles. The monoisotopic (exact) mass is 415 g/mol. The van der Waals surface area contributed by atoms with Crippen LogP contribution in [0, 0.1) is 0 Å². The van der Waals surface area contributed by atoms with Gasteiger partial charge < -0.3 is 19.5 Å². The normalized spacial score (nSPS) is 19.1. The molecule has 5 rings (SSSR count). The summed E-state index contributed by atoms with van der Waals surface area (Å²) >= 11 is 0. The van der Waals surface area contributed by atoms with Crippen molar-refractivity contribution in [3.63, 3.8) is 0 Å². The number of aliphatic hydroxyl groups is 1. The van der Waals surface area contributed by atoms with E-state index >= 15 is 0 Å². The minimum atomic E-state index is -0.841. The molecule has 31 heavy (non-hydrogen) atoms. The molecule has 0 spiro atoms. The third kappa shape index (κ3) is 3.28. The summed E-state index contributed by atoms with van der Waals surface area (Å²) in [5.74, 6) is -0.754. The van der Waals surface area contributed by atoms with Crippen molar-refractivity contribution >= 4 is 17.4 Å². The molecule has 2 aliphatic rings. The minimum Gasteiger partial charge on any atom is -0.507 e. The fraction of sp³-hybridized carbons (Fsp3) is 0.130. The van der Waals surface area contributed by atoms with Gasteiger partial charge in [0.2, 0.25) is 6.79 Å². The van der Waals surface area contributed by atoms with E-state index in [0.717, 1.165) is 5.56 Å². The molecule has 0 radical (unpaired) electrons. The zero-order valence-electron chi connectivity index (χ0n) is 16.3. The van der Waals surface area contributed by atoms with Crippen molar-refractivity contribution in [3.8, 4) is 11.5 Å². The van der Waals surface area contributed by atoms with Crippen LogP contribution in [0.2, 0.25) is 0 Å². The molecule has 1 aromatic carbocycles.